The zero-order chi connectivity index (χ0) is 17.5. The Morgan fingerprint density at radius 2 is 2.16 bits per heavy atom. The Morgan fingerprint density at radius 1 is 1.32 bits per heavy atom. The summed E-state index contributed by atoms with van der Waals surface area (Å²) in [4.78, 5) is 4.70. The minimum absolute atomic E-state index is 0.306. The molecule has 0 radical (unpaired) electrons. The Hall–Kier alpha value is -2.02. The second-order valence-electron chi connectivity index (χ2n) is 6.40. The first-order valence-corrected chi connectivity index (χ1v) is 9.79. The molecule has 1 saturated heterocycles. The first kappa shape index (κ1) is 17.8. The number of guanidine groups is 1. The summed E-state index contributed by atoms with van der Waals surface area (Å²) in [5.41, 5.74) is 1.05. The van der Waals surface area contributed by atoms with E-state index in [1.54, 1.807) is 6.33 Å². The van der Waals surface area contributed by atoms with Crippen LogP contribution in [0.4, 0.5) is 0 Å². The smallest absolute Gasteiger partial charge is 0.191 e. The molecule has 25 heavy (non-hydrogen) atoms. The normalized spacial score (nSPS) is 20.6. The average Bonchev–Trinajstić information content (AvgIpc) is 3.28. The van der Waals surface area contributed by atoms with Crippen LogP contribution in [0.15, 0.2) is 41.7 Å². The minimum atomic E-state index is 0.306. The van der Waals surface area contributed by atoms with Gasteiger partial charge in [-0.05, 0) is 44.6 Å². The molecule has 7 heteroatoms. The van der Waals surface area contributed by atoms with Gasteiger partial charge in [0.15, 0.2) is 11.8 Å². The Balaban J connectivity index is 1.67. The number of thioether (sulfide) groups is 1. The zero-order valence-electron chi connectivity index (χ0n) is 14.9. The number of nitrogens with zero attached hydrogens (tertiary/aromatic N) is 4. The number of nitrogens with one attached hydrogen (secondary N) is 2. The molecule has 6 nitrogen and oxygen atoms in total. The van der Waals surface area contributed by atoms with Gasteiger partial charge in [-0.25, -0.2) is 4.99 Å². The van der Waals surface area contributed by atoms with E-state index in [1.165, 1.54) is 18.6 Å². The van der Waals surface area contributed by atoms with Crippen LogP contribution in [0.3, 0.4) is 0 Å². The topological polar surface area (TPSA) is 67.1 Å². The number of benzene rings is 1. The van der Waals surface area contributed by atoms with Crippen LogP contribution in [-0.4, -0.2) is 44.3 Å². The van der Waals surface area contributed by atoms with Crippen molar-refractivity contribution in [2.45, 2.75) is 38.0 Å². The van der Waals surface area contributed by atoms with Crippen LogP contribution in [0.2, 0.25) is 0 Å². The predicted molar refractivity (Wildman–Crippen MR) is 104 cm³/mol. The van der Waals surface area contributed by atoms with Crippen molar-refractivity contribution in [3.63, 3.8) is 0 Å². The van der Waals surface area contributed by atoms with Crippen molar-refractivity contribution < 1.29 is 0 Å². The SMILES string of the molecule is CCNC(=NCc1nncn1-c1ccccc1)NCC1(C)CCCS1. The van der Waals surface area contributed by atoms with Gasteiger partial charge in [0.1, 0.15) is 12.9 Å². The standard InChI is InChI=1S/C18H26N6S/c1-3-19-17(21-13-18(2)10-7-11-25-18)20-12-16-23-22-14-24(16)15-8-5-4-6-9-15/h4-6,8-9,14H,3,7,10-13H2,1-2H3,(H2,19,20,21). The van der Waals surface area contributed by atoms with Crippen molar-refractivity contribution in [2.24, 2.45) is 4.99 Å². The molecule has 2 N–H and O–H groups in total. The second-order valence-corrected chi connectivity index (χ2v) is 8.09. The molecular weight excluding hydrogens is 332 g/mol. The molecule has 1 atom stereocenters. The molecule has 2 heterocycles. The quantitative estimate of drug-likeness (QED) is 0.614. The Labute approximate surface area is 153 Å². The van der Waals surface area contributed by atoms with Crippen molar-refractivity contribution >= 4 is 17.7 Å². The largest absolute Gasteiger partial charge is 0.357 e. The third-order valence-corrected chi connectivity index (χ3v) is 5.84. The van der Waals surface area contributed by atoms with Crippen molar-refractivity contribution in [1.82, 2.24) is 25.4 Å². The Bertz CT molecular complexity index is 691. The lowest BCUT2D eigenvalue weighted by molar-refractivity contribution is 0.584. The van der Waals surface area contributed by atoms with Gasteiger partial charge < -0.3 is 10.6 Å². The van der Waals surface area contributed by atoms with Gasteiger partial charge in [0.05, 0.1) is 0 Å². The van der Waals surface area contributed by atoms with Crippen LogP contribution in [0.5, 0.6) is 0 Å². The van der Waals surface area contributed by atoms with Crippen LogP contribution in [-0.2, 0) is 6.54 Å². The van der Waals surface area contributed by atoms with E-state index >= 15 is 0 Å². The van der Waals surface area contributed by atoms with Gasteiger partial charge in [-0.1, -0.05) is 18.2 Å². The molecule has 0 amide bonds. The van der Waals surface area contributed by atoms with Crippen LogP contribution in [0.1, 0.15) is 32.5 Å². The molecule has 0 saturated carbocycles. The van der Waals surface area contributed by atoms with Gasteiger partial charge in [-0.2, -0.15) is 11.8 Å². The number of aromatic nitrogens is 3. The number of rotatable bonds is 6. The number of aliphatic imine (C=N–C) groups is 1. The van der Waals surface area contributed by atoms with E-state index in [2.05, 4.69) is 34.7 Å². The highest BCUT2D eigenvalue weighted by molar-refractivity contribution is 8.00. The molecule has 1 unspecified atom stereocenters. The van der Waals surface area contributed by atoms with Crippen LogP contribution < -0.4 is 10.6 Å². The lowest BCUT2D eigenvalue weighted by Gasteiger charge is -2.24. The molecular formula is C18H26N6S. The molecule has 1 fully saturated rings. The fourth-order valence-electron chi connectivity index (χ4n) is 2.91. The van der Waals surface area contributed by atoms with Crippen molar-refractivity contribution in [3.8, 4) is 5.69 Å². The second kappa shape index (κ2) is 8.38. The van der Waals surface area contributed by atoms with Crippen LogP contribution >= 0.6 is 11.8 Å². The summed E-state index contributed by atoms with van der Waals surface area (Å²) in [5, 5.41) is 15.1. The maximum Gasteiger partial charge on any atom is 0.191 e. The maximum atomic E-state index is 4.70. The highest BCUT2D eigenvalue weighted by Gasteiger charge is 2.29. The molecule has 0 aliphatic carbocycles. The summed E-state index contributed by atoms with van der Waals surface area (Å²) in [6.45, 7) is 6.65. The van der Waals surface area contributed by atoms with E-state index < -0.39 is 0 Å². The van der Waals surface area contributed by atoms with Crippen molar-refractivity contribution in [2.75, 3.05) is 18.8 Å². The Morgan fingerprint density at radius 3 is 2.88 bits per heavy atom. The van der Waals surface area contributed by atoms with E-state index in [1.807, 2.05) is 46.7 Å². The van der Waals surface area contributed by atoms with Gasteiger partial charge in [0, 0.05) is 23.5 Å². The molecule has 1 aromatic heterocycles. The molecule has 1 aliphatic heterocycles. The highest BCUT2D eigenvalue weighted by atomic mass is 32.2. The summed E-state index contributed by atoms with van der Waals surface area (Å²) in [7, 11) is 0. The summed E-state index contributed by atoms with van der Waals surface area (Å²) in [5.74, 6) is 2.91. The summed E-state index contributed by atoms with van der Waals surface area (Å²) in [6, 6.07) is 10.1. The minimum Gasteiger partial charge on any atom is -0.357 e. The van der Waals surface area contributed by atoms with Gasteiger partial charge in [0.2, 0.25) is 0 Å². The monoisotopic (exact) mass is 358 g/mol. The first-order valence-electron chi connectivity index (χ1n) is 8.81. The first-order chi connectivity index (χ1) is 12.2. The van der Waals surface area contributed by atoms with Crippen molar-refractivity contribution in [3.05, 3.63) is 42.5 Å². The van der Waals surface area contributed by atoms with Crippen LogP contribution in [0, 0.1) is 0 Å². The molecule has 2 aromatic rings. The summed E-state index contributed by atoms with van der Waals surface area (Å²) >= 11 is 2.05. The van der Waals surface area contributed by atoms with E-state index in [-0.39, 0.29) is 0 Å². The maximum absolute atomic E-state index is 4.70. The number of para-hydroxylation sites is 1. The zero-order valence-corrected chi connectivity index (χ0v) is 15.7. The summed E-state index contributed by atoms with van der Waals surface area (Å²) in [6.07, 6.45) is 4.29. The van der Waals surface area contributed by atoms with Gasteiger partial charge in [0.25, 0.3) is 0 Å². The Kier molecular flexibility index (Phi) is 5.96. The van der Waals surface area contributed by atoms with E-state index in [0.29, 0.717) is 11.3 Å². The van der Waals surface area contributed by atoms with E-state index in [9.17, 15) is 0 Å². The molecule has 1 aromatic carbocycles. The summed E-state index contributed by atoms with van der Waals surface area (Å²) < 4.78 is 2.28. The van der Waals surface area contributed by atoms with Gasteiger partial charge in [-0.15, -0.1) is 10.2 Å². The van der Waals surface area contributed by atoms with Crippen molar-refractivity contribution in [1.29, 1.82) is 0 Å². The molecule has 3 rings (SSSR count). The molecule has 134 valence electrons. The lowest BCUT2D eigenvalue weighted by Crippen LogP contribution is -2.43. The molecule has 1 aliphatic rings. The van der Waals surface area contributed by atoms with Gasteiger partial charge in [-0.3, -0.25) is 4.57 Å². The van der Waals surface area contributed by atoms with Crippen LogP contribution in [0.25, 0.3) is 5.69 Å². The van der Waals surface area contributed by atoms with E-state index in [0.717, 1.165) is 30.6 Å². The lowest BCUT2D eigenvalue weighted by atomic mass is 10.1. The van der Waals surface area contributed by atoms with Gasteiger partial charge >= 0.3 is 0 Å². The third kappa shape index (κ3) is 4.75. The molecule has 0 spiro atoms. The fourth-order valence-corrected chi connectivity index (χ4v) is 4.15. The predicted octanol–water partition coefficient (Wildman–Crippen LogP) is 2.61. The van der Waals surface area contributed by atoms with E-state index in [4.69, 9.17) is 4.99 Å². The highest BCUT2D eigenvalue weighted by Crippen LogP contribution is 2.36. The third-order valence-electron chi connectivity index (χ3n) is 4.31. The number of hydrogen-bond acceptors (Lipinski definition) is 4. The fraction of sp³-hybridized carbons (Fsp3) is 0.500. The number of hydrogen-bond donors (Lipinski definition) is 2. The molecule has 0 bridgehead atoms. The average molecular weight is 359 g/mol.